The second-order valence-corrected chi connectivity index (χ2v) is 5.96. The van der Waals surface area contributed by atoms with Gasteiger partial charge in [-0.1, -0.05) is 6.07 Å². The van der Waals surface area contributed by atoms with E-state index in [4.69, 9.17) is 9.52 Å². The number of thiophene rings is 1. The van der Waals surface area contributed by atoms with Gasteiger partial charge in [-0.3, -0.25) is 4.79 Å². The number of aliphatic hydroxyl groups excluding tert-OH is 1. The van der Waals surface area contributed by atoms with Crippen LogP contribution in [0.25, 0.3) is 10.8 Å². The number of oxazole rings is 1. The van der Waals surface area contributed by atoms with Gasteiger partial charge in [0.25, 0.3) is 0 Å². The molecule has 5 nitrogen and oxygen atoms in total. The van der Waals surface area contributed by atoms with E-state index in [2.05, 4.69) is 4.98 Å². The first kappa shape index (κ1) is 17.5. The van der Waals surface area contributed by atoms with Crippen LogP contribution in [0.5, 0.6) is 0 Å². The van der Waals surface area contributed by atoms with E-state index in [0.717, 1.165) is 9.78 Å². The number of likely N-dealkylation sites (N-methyl/N-ethyl adjacent to an activating group) is 1. The molecular formula is C14H15F3N2O3S. The van der Waals surface area contributed by atoms with Crippen molar-refractivity contribution in [2.24, 2.45) is 0 Å². The van der Waals surface area contributed by atoms with Crippen molar-refractivity contribution >= 4 is 17.2 Å². The van der Waals surface area contributed by atoms with Crippen LogP contribution in [-0.2, 0) is 11.2 Å². The predicted octanol–water partition coefficient (Wildman–Crippen LogP) is 2.64. The van der Waals surface area contributed by atoms with Crippen LogP contribution in [0.1, 0.15) is 11.5 Å². The number of carbonyl (C=O) groups excluding carboxylic acids is 1. The highest BCUT2D eigenvalue weighted by Gasteiger charge is 2.39. The summed E-state index contributed by atoms with van der Waals surface area (Å²) >= 11 is 1.42. The summed E-state index contributed by atoms with van der Waals surface area (Å²) in [5.41, 5.74) is 0.367. The Morgan fingerprint density at radius 1 is 1.52 bits per heavy atom. The van der Waals surface area contributed by atoms with Crippen LogP contribution in [-0.4, -0.2) is 46.8 Å². The molecule has 9 heteroatoms. The van der Waals surface area contributed by atoms with Crippen LogP contribution in [0.2, 0.25) is 0 Å². The molecular weight excluding hydrogens is 333 g/mol. The van der Waals surface area contributed by atoms with Gasteiger partial charge in [0.2, 0.25) is 11.8 Å². The average Bonchev–Trinajstić information content (AvgIpc) is 3.08. The summed E-state index contributed by atoms with van der Waals surface area (Å²) in [4.78, 5) is 17.8. The Balaban J connectivity index is 2.03. The minimum Gasteiger partial charge on any atom is -0.440 e. The highest BCUT2D eigenvalue weighted by atomic mass is 32.1. The van der Waals surface area contributed by atoms with E-state index in [1.807, 2.05) is 17.5 Å². The third-order valence-corrected chi connectivity index (χ3v) is 4.05. The second kappa shape index (κ2) is 6.71. The molecule has 1 atom stereocenters. The third kappa shape index (κ3) is 4.32. The van der Waals surface area contributed by atoms with Gasteiger partial charge in [-0.2, -0.15) is 13.2 Å². The van der Waals surface area contributed by atoms with Crippen LogP contribution in [0.4, 0.5) is 13.2 Å². The summed E-state index contributed by atoms with van der Waals surface area (Å²) in [5.74, 6) is 0.229. The van der Waals surface area contributed by atoms with Crippen molar-refractivity contribution in [3.63, 3.8) is 0 Å². The number of hydrogen-bond acceptors (Lipinski definition) is 5. The number of halogens is 3. The zero-order valence-corrected chi connectivity index (χ0v) is 13.2. The fraction of sp³-hybridized carbons (Fsp3) is 0.429. The molecule has 0 saturated heterocycles. The molecule has 126 valence electrons. The minimum atomic E-state index is -4.76. The molecule has 2 rings (SSSR count). The first-order valence-corrected chi connectivity index (χ1v) is 7.55. The number of amides is 1. The number of aromatic nitrogens is 1. The van der Waals surface area contributed by atoms with Crippen molar-refractivity contribution in [2.45, 2.75) is 25.6 Å². The molecule has 1 unspecified atom stereocenters. The summed E-state index contributed by atoms with van der Waals surface area (Å²) in [7, 11) is 1.20. The topological polar surface area (TPSA) is 66.6 Å². The fourth-order valence-electron chi connectivity index (χ4n) is 1.84. The first-order chi connectivity index (χ1) is 10.7. The van der Waals surface area contributed by atoms with Crippen molar-refractivity contribution in [3.05, 3.63) is 29.0 Å². The molecule has 0 radical (unpaired) electrons. The standard InChI is InChI=1S/C14H15F3N2O3S/c1-8-9(18-13(22-8)10-4-3-5-23-10)6-12(21)19(2)7-11(20)14(15,16)17/h3-5,11,20H,6-7H2,1-2H3. The van der Waals surface area contributed by atoms with Crippen LogP contribution in [0.3, 0.4) is 0 Å². The van der Waals surface area contributed by atoms with Crippen molar-refractivity contribution in [3.8, 4) is 10.8 Å². The quantitative estimate of drug-likeness (QED) is 0.902. The molecule has 0 fully saturated rings. The summed E-state index contributed by atoms with van der Waals surface area (Å²) in [6.07, 6.45) is -7.52. The van der Waals surface area contributed by atoms with Crippen LogP contribution in [0, 0.1) is 6.92 Å². The highest BCUT2D eigenvalue weighted by molar-refractivity contribution is 7.13. The monoisotopic (exact) mass is 348 g/mol. The van der Waals surface area contributed by atoms with Gasteiger partial charge < -0.3 is 14.4 Å². The van der Waals surface area contributed by atoms with Gasteiger partial charge in [-0.05, 0) is 18.4 Å². The maximum absolute atomic E-state index is 12.3. The van der Waals surface area contributed by atoms with E-state index in [0.29, 0.717) is 17.3 Å². The van der Waals surface area contributed by atoms with E-state index < -0.39 is 24.7 Å². The molecule has 0 saturated carbocycles. The van der Waals surface area contributed by atoms with Gasteiger partial charge in [0.05, 0.1) is 23.5 Å². The number of aryl methyl sites for hydroxylation is 1. The first-order valence-electron chi connectivity index (χ1n) is 6.67. The lowest BCUT2D eigenvalue weighted by molar-refractivity contribution is -0.207. The van der Waals surface area contributed by atoms with Crippen molar-refractivity contribution < 1.29 is 27.5 Å². The number of rotatable bonds is 5. The van der Waals surface area contributed by atoms with E-state index in [-0.39, 0.29) is 6.42 Å². The second-order valence-electron chi connectivity index (χ2n) is 5.01. The molecule has 1 N–H and O–H groups in total. The van der Waals surface area contributed by atoms with Crippen molar-refractivity contribution in [1.82, 2.24) is 9.88 Å². The summed E-state index contributed by atoms with van der Waals surface area (Å²) in [6, 6.07) is 3.64. The molecule has 0 aliphatic heterocycles. The molecule has 0 spiro atoms. The normalized spacial score (nSPS) is 13.1. The van der Waals surface area contributed by atoms with E-state index in [1.165, 1.54) is 18.4 Å². The minimum absolute atomic E-state index is 0.193. The number of alkyl halides is 3. The van der Waals surface area contributed by atoms with Crippen molar-refractivity contribution in [2.75, 3.05) is 13.6 Å². The van der Waals surface area contributed by atoms with E-state index >= 15 is 0 Å². The lowest BCUT2D eigenvalue weighted by Crippen LogP contribution is -2.42. The van der Waals surface area contributed by atoms with Gasteiger partial charge in [0, 0.05) is 7.05 Å². The van der Waals surface area contributed by atoms with Crippen LogP contribution >= 0.6 is 11.3 Å². The Hall–Kier alpha value is -1.87. The number of nitrogens with zero attached hydrogens (tertiary/aromatic N) is 2. The lowest BCUT2D eigenvalue weighted by atomic mass is 10.2. The maximum Gasteiger partial charge on any atom is 0.416 e. The van der Waals surface area contributed by atoms with Gasteiger partial charge in [-0.25, -0.2) is 4.98 Å². The van der Waals surface area contributed by atoms with E-state index in [9.17, 15) is 18.0 Å². The molecule has 0 bridgehead atoms. The zero-order chi connectivity index (χ0) is 17.2. The molecule has 0 aromatic carbocycles. The van der Waals surface area contributed by atoms with Gasteiger partial charge in [-0.15, -0.1) is 11.3 Å². The van der Waals surface area contributed by atoms with Crippen LogP contribution < -0.4 is 0 Å². The molecule has 2 aromatic rings. The van der Waals surface area contributed by atoms with Crippen molar-refractivity contribution in [1.29, 1.82) is 0 Å². The zero-order valence-electron chi connectivity index (χ0n) is 12.4. The Kier molecular flexibility index (Phi) is 5.10. The fourth-order valence-corrected chi connectivity index (χ4v) is 2.49. The third-order valence-electron chi connectivity index (χ3n) is 3.19. The Morgan fingerprint density at radius 2 is 2.22 bits per heavy atom. The van der Waals surface area contributed by atoms with Crippen LogP contribution in [0.15, 0.2) is 21.9 Å². The summed E-state index contributed by atoms with van der Waals surface area (Å²) in [6.45, 7) is 0.814. The Bertz CT molecular complexity index is 667. The Morgan fingerprint density at radius 3 is 2.78 bits per heavy atom. The molecule has 2 aromatic heterocycles. The molecule has 2 heterocycles. The number of carbonyl (C=O) groups is 1. The van der Waals surface area contributed by atoms with Gasteiger partial charge >= 0.3 is 6.18 Å². The average molecular weight is 348 g/mol. The Labute approximate surface area is 134 Å². The molecule has 0 aliphatic carbocycles. The summed E-state index contributed by atoms with van der Waals surface area (Å²) < 4.78 is 42.4. The molecule has 23 heavy (non-hydrogen) atoms. The largest absolute Gasteiger partial charge is 0.440 e. The molecule has 0 aliphatic rings. The lowest BCUT2D eigenvalue weighted by Gasteiger charge is -2.22. The SMILES string of the molecule is Cc1oc(-c2cccs2)nc1CC(=O)N(C)CC(O)C(F)(F)F. The van der Waals surface area contributed by atoms with Gasteiger partial charge in [0.1, 0.15) is 5.76 Å². The smallest absolute Gasteiger partial charge is 0.416 e. The van der Waals surface area contributed by atoms with Gasteiger partial charge in [0.15, 0.2) is 6.10 Å². The molecule has 1 amide bonds. The summed E-state index contributed by atoms with van der Waals surface area (Å²) in [5, 5.41) is 10.9. The maximum atomic E-state index is 12.3. The van der Waals surface area contributed by atoms with E-state index in [1.54, 1.807) is 6.92 Å². The number of hydrogen-bond donors (Lipinski definition) is 1. The number of aliphatic hydroxyl groups is 1. The highest BCUT2D eigenvalue weighted by Crippen LogP contribution is 2.26. The predicted molar refractivity (Wildman–Crippen MR) is 78.0 cm³/mol.